The van der Waals surface area contributed by atoms with E-state index in [0.717, 1.165) is 27.4 Å². The molecule has 0 aliphatic rings. The molecule has 0 unspecified atom stereocenters. The van der Waals surface area contributed by atoms with Crippen molar-refractivity contribution in [1.29, 1.82) is 0 Å². The number of carbonyl (C=O) groups is 1. The highest BCUT2D eigenvalue weighted by Crippen LogP contribution is 2.25. The molecule has 0 spiro atoms. The monoisotopic (exact) mass is 422 g/mol. The third kappa shape index (κ3) is 4.71. The van der Waals surface area contributed by atoms with Crippen molar-refractivity contribution in [1.82, 2.24) is 0 Å². The summed E-state index contributed by atoms with van der Waals surface area (Å²) in [6.07, 6.45) is 0.846. The molecule has 0 radical (unpaired) electrons. The van der Waals surface area contributed by atoms with Gasteiger partial charge in [0.1, 0.15) is 6.54 Å². The summed E-state index contributed by atoms with van der Waals surface area (Å²) < 4.78 is 27.8. The Kier molecular flexibility index (Phi) is 6.57. The molecular weight excluding hydrogens is 396 g/mol. The highest BCUT2D eigenvalue weighted by molar-refractivity contribution is 7.92. The molecule has 30 heavy (non-hydrogen) atoms. The zero-order chi connectivity index (χ0) is 21.7. The van der Waals surface area contributed by atoms with E-state index in [4.69, 9.17) is 0 Å². The Bertz CT molecular complexity index is 1120. The van der Waals surface area contributed by atoms with E-state index in [2.05, 4.69) is 5.32 Å². The maximum Gasteiger partial charge on any atom is 0.264 e. The largest absolute Gasteiger partial charge is 0.324 e. The number of sulfonamides is 1. The molecule has 0 bridgehead atoms. The van der Waals surface area contributed by atoms with Crippen LogP contribution in [0.4, 0.5) is 11.4 Å². The summed E-state index contributed by atoms with van der Waals surface area (Å²) in [5, 5.41) is 2.85. The van der Waals surface area contributed by atoms with Crippen LogP contribution in [0, 0.1) is 13.8 Å². The molecule has 0 saturated heterocycles. The van der Waals surface area contributed by atoms with E-state index in [9.17, 15) is 13.2 Å². The van der Waals surface area contributed by atoms with Crippen LogP contribution < -0.4 is 9.62 Å². The second-order valence-electron chi connectivity index (χ2n) is 7.14. The highest BCUT2D eigenvalue weighted by Gasteiger charge is 2.27. The summed E-state index contributed by atoms with van der Waals surface area (Å²) in [4.78, 5) is 13.0. The average molecular weight is 423 g/mol. The lowest BCUT2D eigenvalue weighted by Crippen LogP contribution is -2.38. The number of anilines is 2. The lowest BCUT2D eigenvalue weighted by Gasteiger charge is -2.24. The van der Waals surface area contributed by atoms with Crippen molar-refractivity contribution in [2.75, 3.05) is 16.2 Å². The molecule has 5 nitrogen and oxygen atoms in total. The quantitative estimate of drug-likeness (QED) is 0.600. The van der Waals surface area contributed by atoms with E-state index in [1.807, 2.05) is 51.1 Å². The van der Waals surface area contributed by atoms with Gasteiger partial charge in [-0.25, -0.2) is 8.42 Å². The number of hydrogen-bond acceptors (Lipinski definition) is 3. The van der Waals surface area contributed by atoms with Gasteiger partial charge in [0.15, 0.2) is 0 Å². The van der Waals surface area contributed by atoms with Gasteiger partial charge in [0.05, 0.1) is 10.6 Å². The van der Waals surface area contributed by atoms with Crippen molar-refractivity contribution in [3.05, 3.63) is 89.5 Å². The fourth-order valence-corrected chi connectivity index (χ4v) is 4.58. The zero-order valence-corrected chi connectivity index (χ0v) is 18.2. The van der Waals surface area contributed by atoms with Crippen LogP contribution in [-0.4, -0.2) is 20.9 Å². The van der Waals surface area contributed by atoms with Crippen molar-refractivity contribution >= 4 is 27.3 Å². The van der Waals surface area contributed by atoms with Crippen molar-refractivity contribution in [3.63, 3.8) is 0 Å². The maximum atomic E-state index is 13.3. The zero-order valence-electron chi connectivity index (χ0n) is 17.4. The molecule has 0 aliphatic heterocycles. The number of amides is 1. The first-order valence-electron chi connectivity index (χ1n) is 9.85. The van der Waals surface area contributed by atoms with Gasteiger partial charge in [-0.05, 0) is 67.3 Å². The SMILES string of the molecule is CCc1ccc(N(CC(=O)Nc2cccc(C)c2C)S(=O)(=O)c2ccccc2)cc1. The fraction of sp³-hybridized carbons (Fsp3) is 0.208. The molecule has 156 valence electrons. The van der Waals surface area contributed by atoms with Gasteiger partial charge < -0.3 is 5.32 Å². The Hall–Kier alpha value is -3.12. The molecule has 3 rings (SSSR count). The fourth-order valence-electron chi connectivity index (χ4n) is 3.14. The molecule has 0 aromatic heterocycles. The number of carbonyl (C=O) groups excluding carboxylic acids is 1. The summed E-state index contributed by atoms with van der Waals surface area (Å²) in [6, 6.07) is 21.0. The van der Waals surface area contributed by atoms with Crippen LogP contribution in [0.15, 0.2) is 77.7 Å². The summed E-state index contributed by atoms with van der Waals surface area (Å²) in [7, 11) is -3.91. The summed E-state index contributed by atoms with van der Waals surface area (Å²) >= 11 is 0. The third-order valence-electron chi connectivity index (χ3n) is 5.13. The van der Waals surface area contributed by atoms with E-state index < -0.39 is 15.9 Å². The number of aryl methyl sites for hydroxylation is 2. The number of benzene rings is 3. The Balaban J connectivity index is 1.94. The van der Waals surface area contributed by atoms with Gasteiger partial charge in [-0.2, -0.15) is 0 Å². The molecule has 0 fully saturated rings. The van der Waals surface area contributed by atoms with E-state index >= 15 is 0 Å². The van der Waals surface area contributed by atoms with E-state index in [-0.39, 0.29) is 11.4 Å². The third-order valence-corrected chi connectivity index (χ3v) is 6.92. The molecular formula is C24H26N2O3S. The maximum absolute atomic E-state index is 13.3. The lowest BCUT2D eigenvalue weighted by atomic mass is 10.1. The van der Waals surface area contributed by atoms with E-state index in [0.29, 0.717) is 11.4 Å². The first kappa shape index (κ1) is 21.6. The normalized spacial score (nSPS) is 11.2. The number of rotatable bonds is 7. The van der Waals surface area contributed by atoms with Gasteiger partial charge in [-0.15, -0.1) is 0 Å². The lowest BCUT2D eigenvalue weighted by molar-refractivity contribution is -0.114. The van der Waals surface area contributed by atoms with Crippen LogP contribution in [0.1, 0.15) is 23.6 Å². The predicted molar refractivity (Wildman–Crippen MR) is 121 cm³/mol. The van der Waals surface area contributed by atoms with Crippen LogP contribution in [0.5, 0.6) is 0 Å². The first-order valence-corrected chi connectivity index (χ1v) is 11.3. The van der Waals surface area contributed by atoms with Gasteiger partial charge in [0, 0.05) is 5.69 Å². The first-order chi connectivity index (χ1) is 14.3. The van der Waals surface area contributed by atoms with Crippen LogP contribution in [0.2, 0.25) is 0 Å². The van der Waals surface area contributed by atoms with Gasteiger partial charge in [-0.3, -0.25) is 9.10 Å². The Morgan fingerprint density at radius 1 is 0.900 bits per heavy atom. The van der Waals surface area contributed by atoms with Crippen molar-refractivity contribution in [3.8, 4) is 0 Å². The van der Waals surface area contributed by atoms with Crippen LogP contribution in [0.25, 0.3) is 0 Å². The topological polar surface area (TPSA) is 66.5 Å². The second-order valence-corrected chi connectivity index (χ2v) is 9.00. The molecule has 1 amide bonds. The van der Waals surface area contributed by atoms with Crippen LogP contribution in [-0.2, 0) is 21.2 Å². The summed E-state index contributed by atoms with van der Waals surface area (Å²) in [6.45, 7) is 5.60. The molecule has 0 atom stereocenters. The van der Waals surface area contributed by atoms with Crippen LogP contribution in [0.3, 0.4) is 0 Å². The van der Waals surface area contributed by atoms with Gasteiger partial charge >= 0.3 is 0 Å². The Morgan fingerprint density at radius 2 is 1.57 bits per heavy atom. The van der Waals surface area contributed by atoms with Crippen molar-refractivity contribution in [2.45, 2.75) is 32.1 Å². The molecule has 1 N–H and O–H groups in total. The number of hydrogen-bond donors (Lipinski definition) is 1. The number of nitrogens with zero attached hydrogens (tertiary/aromatic N) is 1. The Morgan fingerprint density at radius 3 is 2.20 bits per heavy atom. The molecule has 3 aromatic rings. The van der Waals surface area contributed by atoms with E-state index in [1.165, 1.54) is 12.1 Å². The smallest absolute Gasteiger partial charge is 0.264 e. The standard InChI is InChI=1S/C24H26N2O3S/c1-4-20-13-15-21(16-14-20)26(30(28,29)22-10-6-5-7-11-22)17-24(27)25-23-12-8-9-18(2)19(23)3/h5-16H,4,17H2,1-3H3,(H,25,27). The van der Waals surface area contributed by atoms with Gasteiger partial charge in [0.2, 0.25) is 5.91 Å². The molecule has 0 saturated carbocycles. The highest BCUT2D eigenvalue weighted by atomic mass is 32.2. The molecule has 0 heterocycles. The van der Waals surface area contributed by atoms with Crippen LogP contribution >= 0.6 is 0 Å². The van der Waals surface area contributed by atoms with Crippen molar-refractivity contribution < 1.29 is 13.2 Å². The summed E-state index contributed by atoms with van der Waals surface area (Å²) in [5.41, 5.74) is 4.23. The molecule has 6 heteroatoms. The van der Waals surface area contributed by atoms with Crippen molar-refractivity contribution in [2.24, 2.45) is 0 Å². The average Bonchev–Trinajstić information content (AvgIpc) is 2.76. The second kappa shape index (κ2) is 9.13. The molecule has 3 aromatic carbocycles. The summed E-state index contributed by atoms with van der Waals surface area (Å²) in [5.74, 6) is -0.400. The molecule has 0 aliphatic carbocycles. The number of nitrogens with one attached hydrogen (secondary N) is 1. The Labute approximate surface area is 178 Å². The predicted octanol–water partition coefficient (Wildman–Crippen LogP) is 4.70. The minimum Gasteiger partial charge on any atom is -0.324 e. The van der Waals surface area contributed by atoms with Gasteiger partial charge in [-0.1, -0.05) is 49.4 Å². The van der Waals surface area contributed by atoms with Gasteiger partial charge in [0.25, 0.3) is 10.0 Å². The minimum atomic E-state index is -3.91. The van der Waals surface area contributed by atoms with E-state index in [1.54, 1.807) is 30.3 Å². The minimum absolute atomic E-state index is 0.143.